The molecule has 0 atom stereocenters. The molecule has 1 heterocycles. The van der Waals surface area contributed by atoms with Crippen LogP contribution in [0.25, 0.3) is 0 Å². The zero-order valence-electron chi connectivity index (χ0n) is 15.9. The highest BCUT2D eigenvalue weighted by atomic mass is 16.5. The van der Waals surface area contributed by atoms with Crippen LogP contribution in [0.1, 0.15) is 49.7 Å². The third-order valence-electron chi connectivity index (χ3n) is 5.30. The average molecular weight is 358 g/mol. The van der Waals surface area contributed by atoms with Crippen molar-refractivity contribution in [3.05, 3.63) is 29.3 Å². The van der Waals surface area contributed by atoms with Gasteiger partial charge in [0, 0.05) is 31.5 Å². The summed E-state index contributed by atoms with van der Waals surface area (Å²) in [6, 6.07) is 6.30. The number of benzene rings is 1. The number of nitrogens with one attached hydrogen (secondary N) is 1. The van der Waals surface area contributed by atoms with Crippen molar-refractivity contribution in [2.45, 2.75) is 58.4 Å². The van der Waals surface area contributed by atoms with E-state index in [1.807, 2.05) is 36.9 Å². The van der Waals surface area contributed by atoms with Crippen molar-refractivity contribution in [3.63, 3.8) is 0 Å². The lowest BCUT2D eigenvalue weighted by molar-refractivity contribution is -0.133. The molecule has 1 aliphatic heterocycles. The molecule has 0 radical (unpaired) electrons. The molecule has 2 amide bonds. The number of carbonyl (C=O) groups is 2. The maximum atomic E-state index is 12.1. The largest absolute Gasteiger partial charge is 0.493 e. The number of ether oxygens (including phenoxy) is 1. The predicted molar refractivity (Wildman–Crippen MR) is 101 cm³/mol. The topological polar surface area (TPSA) is 58.6 Å². The fraction of sp³-hybridized carbons (Fsp3) is 0.619. The highest BCUT2D eigenvalue weighted by Gasteiger charge is 2.35. The molecule has 1 N–H and O–H groups in total. The Balaban J connectivity index is 1.31. The molecule has 0 bridgehead atoms. The Hall–Kier alpha value is -2.04. The average Bonchev–Trinajstić information content (AvgIpc) is 3.46. The first kappa shape index (κ1) is 18.7. The van der Waals surface area contributed by atoms with Gasteiger partial charge in [-0.1, -0.05) is 18.2 Å². The lowest BCUT2D eigenvalue weighted by atomic mass is 10.0. The number of carbonyl (C=O) groups excluding carboxylic acids is 2. The first-order chi connectivity index (χ1) is 12.5. The summed E-state index contributed by atoms with van der Waals surface area (Å²) < 4.78 is 5.85. The minimum atomic E-state index is 0.0853. The van der Waals surface area contributed by atoms with Crippen LogP contribution in [-0.2, 0) is 9.59 Å². The molecule has 2 aliphatic rings. The monoisotopic (exact) mass is 358 g/mol. The standard InChI is InChI=1S/C21H30N2O3/c1-15-5-3-6-16(2)20(15)26-14-4-7-19(24)22-18-10-12-23(13-11-18)21(25)17-8-9-17/h3,5-6,17-18H,4,7-14H2,1-2H3,(H,22,24). The van der Waals surface area contributed by atoms with Crippen LogP contribution in [-0.4, -0.2) is 42.5 Å². The van der Waals surface area contributed by atoms with Gasteiger partial charge in [-0.3, -0.25) is 9.59 Å². The quantitative estimate of drug-likeness (QED) is 0.763. The molecule has 5 heteroatoms. The minimum absolute atomic E-state index is 0.0853. The smallest absolute Gasteiger partial charge is 0.225 e. The number of piperidine rings is 1. The van der Waals surface area contributed by atoms with E-state index in [-0.39, 0.29) is 17.9 Å². The highest BCUT2D eigenvalue weighted by molar-refractivity contribution is 5.81. The SMILES string of the molecule is Cc1cccc(C)c1OCCCC(=O)NC1CCN(C(=O)C2CC2)CC1. The van der Waals surface area contributed by atoms with Crippen molar-refractivity contribution in [1.82, 2.24) is 10.2 Å². The Kier molecular flexibility index (Phi) is 6.17. The third kappa shape index (κ3) is 4.99. The molecule has 26 heavy (non-hydrogen) atoms. The van der Waals surface area contributed by atoms with Gasteiger partial charge in [-0.15, -0.1) is 0 Å². The number of para-hydroxylation sites is 1. The third-order valence-corrected chi connectivity index (χ3v) is 5.30. The predicted octanol–water partition coefficient (Wildman–Crippen LogP) is 2.98. The van der Waals surface area contributed by atoms with Crippen LogP contribution in [0.4, 0.5) is 0 Å². The van der Waals surface area contributed by atoms with E-state index in [1.54, 1.807) is 0 Å². The normalized spacial score (nSPS) is 17.8. The van der Waals surface area contributed by atoms with Gasteiger partial charge in [-0.2, -0.15) is 0 Å². The van der Waals surface area contributed by atoms with Crippen LogP contribution in [0.5, 0.6) is 5.75 Å². The molecule has 1 aliphatic carbocycles. The second-order valence-electron chi connectivity index (χ2n) is 7.61. The lowest BCUT2D eigenvalue weighted by Gasteiger charge is -2.32. The van der Waals surface area contributed by atoms with Gasteiger partial charge < -0.3 is 15.0 Å². The minimum Gasteiger partial charge on any atom is -0.493 e. The molecule has 0 aromatic heterocycles. The maximum absolute atomic E-state index is 12.1. The molecular weight excluding hydrogens is 328 g/mol. The van der Waals surface area contributed by atoms with Gasteiger partial charge in [-0.25, -0.2) is 0 Å². The number of likely N-dealkylation sites (tertiary alicyclic amines) is 1. The number of hydrogen-bond donors (Lipinski definition) is 1. The van der Waals surface area contributed by atoms with Crippen LogP contribution in [0.15, 0.2) is 18.2 Å². The fourth-order valence-electron chi connectivity index (χ4n) is 3.57. The number of amides is 2. The first-order valence-electron chi connectivity index (χ1n) is 9.82. The molecule has 5 nitrogen and oxygen atoms in total. The van der Waals surface area contributed by atoms with E-state index in [0.717, 1.165) is 55.6 Å². The zero-order chi connectivity index (χ0) is 18.5. The highest BCUT2D eigenvalue weighted by Crippen LogP contribution is 2.31. The summed E-state index contributed by atoms with van der Waals surface area (Å²) in [4.78, 5) is 26.2. The van der Waals surface area contributed by atoms with Gasteiger partial charge >= 0.3 is 0 Å². The Morgan fingerprint density at radius 3 is 2.38 bits per heavy atom. The van der Waals surface area contributed by atoms with Crippen molar-refractivity contribution in [2.75, 3.05) is 19.7 Å². The van der Waals surface area contributed by atoms with Crippen molar-refractivity contribution >= 4 is 11.8 Å². The van der Waals surface area contributed by atoms with Gasteiger partial charge in [0.15, 0.2) is 0 Å². The number of aryl methyl sites for hydroxylation is 2. The summed E-state index contributed by atoms with van der Waals surface area (Å²) in [6.07, 6.45) is 5.02. The molecule has 1 aromatic rings. The van der Waals surface area contributed by atoms with Gasteiger partial charge in [-0.05, 0) is 57.1 Å². The van der Waals surface area contributed by atoms with Crippen LogP contribution in [0.2, 0.25) is 0 Å². The van der Waals surface area contributed by atoms with E-state index in [1.165, 1.54) is 0 Å². The second kappa shape index (κ2) is 8.56. The number of rotatable bonds is 7. The number of nitrogens with zero attached hydrogens (tertiary/aromatic N) is 1. The summed E-state index contributed by atoms with van der Waals surface area (Å²) in [5.41, 5.74) is 2.25. The summed E-state index contributed by atoms with van der Waals surface area (Å²) in [5.74, 6) is 1.62. The Labute approximate surface area is 156 Å². The summed E-state index contributed by atoms with van der Waals surface area (Å²) in [6.45, 7) is 6.17. The summed E-state index contributed by atoms with van der Waals surface area (Å²) in [5, 5.41) is 3.11. The summed E-state index contributed by atoms with van der Waals surface area (Å²) >= 11 is 0. The molecule has 0 unspecified atom stereocenters. The Morgan fingerprint density at radius 2 is 1.77 bits per heavy atom. The lowest BCUT2D eigenvalue weighted by Crippen LogP contribution is -2.47. The van der Waals surface area contributed by atoms with Gasteiger partial charge in [0.2, 0.25) is 11.8 Å². The van der Waals surface area contributed by atoms with Gasteiger partial charge in [0.25, 0.3) is 0 Å². The van der Waals surface area contributed by atoms with E-state index in [9.17, 15) is 9.59 Å². The van der Waals surface area contributed by atoms with Crippen molar-refractivity contribution in [2.24, 2.45) is 5.92 Å². The second-order valence-corrected chi connectivity index (χ2v) is 7.61. The van der Waals surface area contributed by atoms with Crippen LogP contribution < -0.4 is 10.1 Å². The molecular formula is C21H30N2O3. The Bertz CT molecular complexity index is 626. The van der Waals surface area contributed by atoms with Crippen molar-refractivity contribution < 1.29 is 14.3 Å². The first-order valence-corrected chi connectivity index (χ1v) is 9.82. The van der Waals surface area contributed by atoms with E-state index in [2.05, 4.69) is 5.32 Å². The zero-order valence-corrected chi connectivity index (χ0v) is 15.9. The molecule has 1 aromatic carbocycles. The van der Waals surface area contributed by atoms with Crippen molar-refractivity contribution in [1.29, 1.82) is 0 Å². The fourth-order valence-corrected chi connectivity index (χ4v) is 3.57. The molecule has 0 spiro atoms. The molecule has 2 fully saturated rings. The van der Waals surface area contributed by atoms with Crippen LogP contribution in [0.3, 0.4) is 0 Å². The van der Waals surface area contributed by atoms with Crippen LogP contribution in [0, 0.1) is 19.8 Å². The van der Waals surface area contributed by atoms with Gasteiger partial charge in [0.05, 0.1) is 6.61 Å². The molecule has 142 valence electrons. The molecule has 3 rings (SSSR count). The van der Waals surface area contributed by atoms with Crippen LogP contribution >= 0.6 is 0 Å². The van der Waals surface area contributed by atoms with E-state index >= 15 is 0 Å². The maximum Gasteiger partial charge on any atom is 0.225 e. The van der Waals surface area contributed by atoms with E-state index in [0.29, 0.717) is 25.4 Å². The van der Waals surface area contributed by atoms with E-state index < -0.39 is 0 Å². The molecule has 1 saturated carbocycles. The molecule has 1 saturated heterocycles. The van der Waals surface area contributed by atoms with Crippen molar-refractivity contribution in [3.8, 4) is 5.75 Å². The van der Waals surface area contributed by atoms with E-state index in [4.69, 9.17) is 4.74 Å². The Morgan fingerprint density at radius 1 is 1.12 bits per heavy atom. The summed E-state index contributed by atoms with van der Waals surface area (Å²) in [7, 11) is 0. The van der Waals surface area contributed by atoms with Gasteiger partial charge in [0.1, 0.15) is 5.75 Å². The number of hydrogen-bond acceptors (Lipinski definition) is 3.